The molecule has 4 heteroatoms. The van der Waals surface area contributed by atoms with Crippen LogP contribution in [-0.4, -0.2) is 35.8 Å². The molecule has 19 heavy (non-hydrogen) atoms. The number of hydrogen-bond acceptors (Lipinski definition) is 2. The number of nitrogens with zero attached hydrogens (tertiary/aromatic N) is 1. The van der Waals surface area contributed by atoms with E-state index in [1.807, 2.05) is 0 Å². The zero-order chi connectivity index (χ0) is 14.2. The Bertz CT molecular complexity index is 372. The average molecular weight is 266 g/mol. The van der Waals surface area contributed by atoms with Crippen molar-refractivity contribution in [3.8, 4) is 0 Å². The first-order valence-electron chi connectivity index (χ1n) is 7.33. The number of hydrogen-bond donors (Lipinski definition) is 1. The van der Waals surface area contributed by atoms with Crippen LogP contribution in [0.15, 0.2) is 0 Å². The largest absolute Gasteiger partial charge is 0.353 e. The SMILES string of the molecule is CC(=O)N1CC(C(=O)NC2CC(C)CC(C)(C)C2)C1. The van der Waals surface area contributed by atoms with Crippen LogP contribution in [0.2, 0.25) is 0 Å². The lowest BCUT2D eigenvalue weighted by Crippen LogP contribution is -2.57. The van der Waals surface area contributed by atoms with Gasteiger partial charge >= 0.3 is 0 Å². The third-order valence-electron chi connectivity index (χ3n) is 4.43. The van der Waals surface area contributed by atoms with E-state index in [9.17, 15) is 9.59 Å². The van der Waals surface area contributed by atoms with Gasteiger partial charge in [0, 0.05) is 26.1 Å². The first-order valence-corrected chi connectivity index (χ1v) is 7.33. The van der Waals surface area contributed by atoms with E-state index in [0.717, 1.165) is 12.8 Å². The molecule has 2 rings (SSSR count). The molecule has 0 aromatic heterocycles. The van der Waals surface area contributed by atoms with Crippen molar-refractivity contribution in [3.05, 3.63) is 0 Å². The van der Waals surface area contributed by atoms with Gasteiger partial charge in [-0.1, -0.05) is 20.8 Å². The second kappa shape index (κ2) is 5.14. The van der Waals surface area contributed by atoms with E-state index in [0.29, 0.717) is 30.5 Å². The van der Waals surface area contributed by atoms with Gasteiger partial charge in [0.25, 0.3) is 0 Å². The molecular formula is C15H26N2O2. The number of carbonyl (C=O) groups excluding carboxylic acids is 2. The zero-order valence-electron chi connectivity index (χ0n) is 12.5. The summed E-state index contributed by atoms with van der Waals surface area (Å²) in [6, 6.07) is 0.303. The molecule has 1 aliphatic carbocycles. The smallest absolute Gasteiger partial charge is 0.226 e. The number of rotatable bonds is 2. The lowest BCUT2D eigenvalue weighted by Gasteiger charge is -2.42. The van der Waals surface area contributed by atoms with Crippen molar-refractivity contribution >= 4 is 11.8 Å². The minimum absolute atomic E-state index is 0.00393. The molecule has 2 aliphatic rings. The maximum atomic E-state index is 12.1. The van der Waals surface area contributed by atoms with Crippen LogP contribution in [0.5, 0.6) is 0 Å². The summed E-state index contributed by atoms with van der Waals surface area (Å²) in [6.07, 6.45) is 3.38. The van der Waals surface area contributed by atoms with Gasteiger partial charge in [0.05, 0.1) is 5.92 Å². The fourth-order valence-electron chi connectivity index (χ4n) is 3.68. The highest BCUT2D eigenvalue weighted by Crippen LogP contribution is 2.38. The molecule has 1 saturated carbocycles. The van der Waals surface area contributed by atoms with Gasteiger partial charge in [0.1, 0.15) is 0 Å². The topological polar surface area (TPSA) is 49.4 Å². The maximum Gasteiger partial charge on any atom is 0.226 e. The van der Waals surface area contributed by atoms with Gasteiger partial charge in [0.2, 0.25) is 11.8 Å². The maximum absolute atomic E-state index is 12.1. The summed E-state index contributed by atoms with van der Waals surface area (Å²) in [5.41, 5.74) is 0.320. The van der Waals surface area contributed by atoms with Crippen LogP contribution < -0.4 is 5.32 Å². The standard InChI is InChI=1S/C15H26N2O2/c1-10-5-13(7-15(3,4)6-10)16-14(19)12-8-17(9-12)11(2)18/h10,12-13H,5-9H2,1-4H3,(H,16,19). The van der Waals surface area contributed by atoms with E-state index in [-0.39, 0.29) is 17.7 Å². The third-order valence-corrected chi connectivity index (χ3v) is 4.43. The molecule has 108 valence electrons. The van der Waals surface area contributed by atoms with E-state index < -0.39 is 0 Å². The summed E-state index contributed by atoms with van der Waals surface area (Å²) in [4.78, 5) is 25.0. The van der Waals surface area contributed by atoms with Crippen LogP contribution in [0.4, 0.5) is 0 Å². The predicted molar refractivity (Wildman–Crippen MR) is 74.5 cm³/mol. The van der Waals surface area contributed by atoms with Crippen molar-refractivity contribution < 1.29 is 9.59 Å². The fourth-order valence-corrected chi connectivity index (χ4v) is 3.68. The quantitative estimate of drug-likeness (QED) is 0.828. The Labute approximate surface area is 115 Å². The summed E-state index contributed by atoms with van der Waals surface area (Å²) in [7, 11) is 0. The van der Waals surface area contributed by atoms with Crippen molar-refractivity contribution in [1.82, 2.24) is 10.2 Å². The minimum atomic E-state index is 0.00393. The van der Waals surface area contributed by atoms with Crippen molar-refractivity contribution in [2.75, 3.05) is 13.1 Å². The molecule has 2 unspecified atom stereocenters. The van der Waals surface area contributed by atoms with Crippen LogP contribution in [-0.2, 0) is 9.59 Å². The Kier molecular flexibility index (Phi) is 3.88. The van der Waals surface area contributed by atoms with Gasteiger partial charge in [0.15, 0.2) is 0 Å². The van der Waals surface area contributed by atoms with Crippen molar-refractivity contribution in [3.63, 3.8) is 0 Å². The number of likely N-dealkylation sites (tertiary alicyclic amines) is 1. The van der Waals surface area contributed by atoms with Gasteiger partial charge < -0.3 is 10.2 Å². The molecule has 1 N–H and O–H groups in total. The van der Waals surface area contributed by atoms with Crippen LogP contribution in [0.3, 0.4) is 0 Å². The van der Waals surface area contributed by atoms with E-state index in [4.69, 9.17) is 0 Å². The van der Waals surface area contributed by atoms with E-state index in [2.05, 4.69) is 26.1 Å². The van der Waals surface area contributed by atoms with Crippen LogP contribution in [0, 0.1) is 17.3 Å². The Balaban J connectivity index is 1.81. The van der Waals surface area contributed by atoms with E-state index in [1.165, 1.54) is 6.42 Å². The highest BCUT2D eigenvalue weighted by Gasteiger charge is 2.37. The normalized spacial score (nSPS) is 30.6. The van der Waals surface area contributed by atoms with Gasteiger partial charge in [-0.3, -0.25) is 9.59 Å². The number of amides is 2. The molecule has 0 bridgehead atoms. The zero-order valence-corrected chi connectivity index (χ0v) is 12.5. The molecule has 2 atom stereocenters. The summed E-state index contributed by atoms with van der Waals surface area (Å²) in [5.74, 6) is 0.872. The Morgan fingerprint density at radius 1 is 1.21 bits per heavy atom. The van der Waals surface area contributed by atoms with Crippen molar-refractivity contribution in [2.24, 2.45) is 17.3 Å². The highest BCUT2D eigenvalue weighted by atomic mass is 16.2. The summed E-state index contributed by atoms with van der Waals surface area (Å²) < 4.78 is 0. The molecule has 2 fully saturated rings. The summed E-state index contributed by atoms with van der Waals surface area (Å²) >= 11 is 0. The van der Waals surface area contributed by atoms with Gasteiger partial charge in [-0.25, -0.2) is 0 Å². The molecular weight excluding hydrogens is 240 g/mol. The molecule has 1 aliphatic heterocycles. The molecule has 0 radical (unpaired) electrons. The second-order valence-corrected chi connectivity index (χ2v) is 7.24. The minimum Gasteiger partial charge on any atom is -0.353 e. The molecule has 2 amide bonds. The van der Waals surface area contributed by atoms with Crippen LogP contribution in [0.25, 0.3) is 0 Å². The van der Waals surface area contributed by atoms with Crippen molar-refractivity contribution in [1.29, 1.82) is 0 Å². The molecule has 1 saturated heterocycles. The van der Waals surface area contributed by atoms with E-state index in [1.54, 1.807) is 11.8 Å². The lowest BCUT2D eigenvalue weighted by molar-refractivity contribution is -0.141. The van der Waals surface area contributed by atoms with Gasteiger partial charge in [-0.2, -0.15) is 0 Å². The Morgan fingerprint density at radius 2 is 1.84 bits per heavy atom. The molecule has 0 aromatic rings. The molecule has 1 heterocycles. The van der Waals surface area contributed by atoms with Gasteiger partial charge in [-0.15, -0.1) is 0 Å². The van der Waals surface area contributed by atoms with Crippen LogP contribution in [0.1, 0.15) is 47.0 Å². The number of nitrogens with one attached hydrogen (secondary N) is 1. The van der Waals surface area contributed by atoms with E-state index >= 15 is 0 Å². The lowest BCUT2D eigenvalue weighted by atomic mass is 9.70. The fraction of sp³-hybridized carbons (Fsp3) is 0.867. The second-order valence-electron chi connectivity index (χ2n) is 7.24. The highest BCUT2D eigenvalue weighted by molar-refractivity contribution is 5.83. The predicted octanol–water partition coefficient (Wildman–Crippen LogP) is 1.80. The first-order chi connectivity index (χ1) is 8.77. The monoisotopic (exact) mass is 266 g/mol. The van der Waals surface area contributed by atoms with Gasteiger partial charge in [-0.05, 0) is 30.6 Å². The van der Waals surface area contributed by atoms with Crippen molar-refractivity contribution in [2.45, 2.75) is 53.0 Å². The Morgan fingerprint density at radius 3 is 2.37 bits per heavy atom. The number of carbonyl (C=O) groups is 2. The third kappa shape index (κ3) is 3.48. The summed E-state index contributed by atoms with van der Waals surface area (Å²) in [6.45, 7) is 9.56. The summed E-state index contributed by atoms with van der Waals surface area (Å²) in [5, 5.41) is 3.19. The Hall–Kier alpha value is -1.06. The molecule has 0 aromatic carbocycles. The molecule has 4 nitrogen and oxygen atoms in total. The first kappa shape index (κ1) is 14.4. The van der Waals surface area contributed by atoms with Crippen LogP contribution >= 0.6 is 0 Å². The molecule has 0 spiro atoms. The average Bonchev–Trinajstić information content (AvgIpc) is 2.09.